The first-order valence-corrected chi connectivity index (χ1v) is 9.45. The molecule has 0 aromatic heterocycles. The van der Waals surface area contributed by atoms with Crippen LogP contribution in [0.1, 0.15) is 26.3 Å². The van der Waals surface area contributed by atoms with E-state index >= 15 is 0 Å². The summed E-state index contributed by atoms with van der Waals surface area (Å²) in [4.78, 5) is 0. The van der Waals surface area contributed by atoms with Crippen molar-refractivity contribution in [3.63, 3.8) is 0 Å². The van der Waals surface area contributed by atoms with Crippen molar-refractivity contribution < 1.29 is 9.53 Å². The number of hydrogen-bond donors (Lipinski definition) is 1. The number of benzene rings is 1. The van der Waals surface area contributed by atoms with Gasteiger partial charge in [0.15, 0.2) is 8.32 Å². The number of hydrogen-bond acceptors (Lipinski definition) is 2. The summed E-state index contributed by atoms with van der Waals surface area (Å²) in [7, 11) is -1.73. The predicted octanol–water partition coefficient (Wildman–Crippen LogP) is 4.68. The minimum Gasteiger partial charge on any atom is -0.507 e. The van der Waals surface area contributed by atoms with Crippen LogP contribution in [0.3, 0.4) is 0 Å². The van der Waals surface area contributed by atoms with Gasteiger partial charge in [-0.25, -0.2) is 0 Å². The van der Waals surface area contributed by atoms with Gasteiger partial charge in [0, 0.05) is 0 Å². The fraction of sp³-hybridized carbons (Fsp3) is 0.538. The standard InChI is InChI=1S/C13H21BrO2Si/c1-13(2,3)17(4,5)16-9-10-7-6-8-11(15)12(10)14/h6-8,15H,9H2,1-5H3. The Hall–Kier alpha value is -0.323. The fourth-order valence-electron chi connectivity index (χ4n) is 1.15. The largest absolute Gasteiger partial charge is 0.507 e. The minimum absolute atomic E-state index is 0.205. The maximum Gasteiger partial charge on any atom is 0.192 e. The van der Waals surface area contributed by atoms with Crippen LogP contribution in [-0.2, 0) is 11.0 Å². The van der Waals surface area contributed by atoms with Gasteiger partial charge in [-0.15, -0.1) is 0 Å². The molecule has 17 heavy (non-hydrogen) atoms. The summed E-state index contributed by atoms with van der Waals surface area (Å²) in [5.41, 5.74) is 0.995. The Labute approximate surface area is 113 Å². The molecule has 0 saturated heterocycles. The van der Waals surface area contributed by atoms with Crippen molar-refractivity contribution in [3.8, 4) is 5.75 Å². The maximum atomic E-state index is 9.60. The lowest BCUT2D eigenvalue weighted by Gasteiger charge is -2.36. The van der Waals surface area contributed by atoms with Gasteiger partial charge in [0.2, 0.25) is 0 Å². The highest BCUT2D eigenvalue weighted by molar-refractivity contribution is 9.10. The smallest absolute Gasteiger partial charge is 0.192 e. The second kappa shape index (κ2) is 5.12. The molecule has 0 aliphatic heterocycles. The molecule has 0 bridgehead atoms. The third-order valence-electron chi connectivity index (χ3n) is 3.45. The molecule has 1 rings (SSSR count). The molecule has 0 radical (unpaired) electrons. The lowest BCUT2D eigenvalue weighted by Crippen LogP contribution is -2.40. The van der Waals surface area contributed by atoms with Gasteiger partial charge in [0.05, 0.1) is 11.1 Å². The first kappa shape index (κ1) is 14.7. The van der Waals surface area contributed by atoms with Gasteiger partial charge in [0.25, 0.3) is 0 Å². The molecule has 0 spiro atoms. The van der Waals surface area contributed by atoms with Gasteiger partial charge in [0.1, 0.15) is 5.75 Å². The molecule has 1 N–H and O–H groups in total. The van der Waals surface area contributed by atoms with Gasteiger partial charge < -0.3 is 9.53 Å². The zero-order valence-electron chi connectivity index (χ0n) is 11.2. The van der Waals surface area contributed by atoms with Crippen LogP contribution in [0.4, 0.5) is 0 Å². The molecule has 0 unspecified atom stereocenters. The maximum absolute atomic E-state index is 9.60. The Bertz CT molecular complexity index is 397. The SMILES string of the molecule is CC(C)(C)[Si](C)(C)OCc1cccc(O)c1Br. The lowest BCUT2D eigenvalue weighted by atomic mass is 10.2. The van der Waals surface area contributed by atoms with Gasteiger partial charge >= 0.3 is 0 Å². The number of halogens is 1. The Morgan fingerprint density at radius 3 is 2.41 bits per heavy atom. The van der Waals surface area contributed by atoms with Crippen molar-refractivity contribution in [3.05, 3.63) is 28.2 Å². The van der Waals surface area contributed by atoms with Crippen molar-refractivity contribution in [1.29, 1.82) is 0 Å². The van der Waals surface area contributed by atoms with E-state index in [0.717, 1.165) is 10.0 Å². The van der Waals surface area contributed by atoms with Crippen LogP contribution in [0.5, 0.6) is 5.75 Å². The molecule has 4 heteroatoms. The van der Waals surface area contributed by atoms with E-state index in [0.29, 0.717) is 6.61 Å². The Balaban J connectivity index is 2.78. The molecule has 0 aliphatic rings. The highest BCUT2D eigenvalue weighted by atomic mass is 79.9. The Morgan fingerprint density at radius 2 is 1.88 bits per heavy atom. The van der Waals surface area contributed by atoms with E-state index in [1.54, 1.807) is 6.07 Å². The zero-order chi connectivity index (χ0) is 13.3. The third-order valence-corrected chi connectivity index (χ3v) is 8.85. The molecule has 0 heterocycles. The minimum atomic E-state index is -1.73. The summed E-state index contributed by atoms with van der Waals surface area (Å²) < 4.78 is 6.85. The summed E-state index contributed by atoms with van der Waals surface area (Å²) in [5.74, 6) is 0.265. The van der Waals surface area contributed by atoms with E-state index in [2.05, 4.69) is 49.8 Å². The second-order valence-corrected chi connectivity index (χ2v) is 11.4. The van der Waals surface area contributed by atoms with Crippen LogP contribution in [-0.4, -0.2) is 13.4 Å². The van der Waals surface area contributed by atoms with Gasteiger partial charge in [-0.3, -0.25) is 0 Å². The fourth-order valence-corrected chi connectivity index (χ4v) is 2.48. The number of phenolic OH excluding ortho intramolecular Hbond substituents is 1. The molecule has 0 aliphatic carbocycles. The second-order valence-electron chi connectivity index (χ2n) is 5.80. The summed E-state index contributed by atoms with van der Waals surface area (Å²) in [6, 6.07) is 5.47. The zero-order valence-corrected chi connectivity index (χ0v) is 13.8. The molecule has 0 saturated carbocycles. The van der Waals surface area contributed by atoms with Crippen molar-refractivity contribution in [1.82, 2.24) is 0 Å². The predicted molar refractivity (Wildman–Crippen MR) is 77.8 cm³/mol. The summed E-state index contributed by atoms with van der Waals surface area (Å²) in [6.07, 6.45) is 0. The summed E-state index contributed by atoms with van der Waals surface area (Å²) in [5, 5.41) is 9.80. The van der Waals surface area contributed by atoms with Crippen LogP contribution < -0.4 is 0 Å². The number of rotatable bonds is 3. The normalized spacial score (nSPS) is 12.8. The molecular weight excluding hydrogens is 296 g/mol. The molecule has 1 aromatic rings. The van der Waals surface area contributed by atoms with Crippen molar-refractivity contribution in [2.24, 2.45) is 0 Å². The molecule has 0 atom stereocenters. The van der Waals surface area contributed by atoms with E-state index in [9.17, 15) is 5.11 Å². The molecule has 0 amide bonds. The van der Waals surface area contributed by atoms with Gasteiger partial charge in [-0.1, -0.05) is 32.9 Å². The summed E-state index contributed by atoms with van der Waals surface area (Å²) in [6.45, 7) is 11.7. The molecular formula is C13H21BrO2Si. The van der Waals surface area contributed by atoms with E-state index in [1.807, 2.05) is 12.1 Å². The highest BCUT2D eigenvalue weighted by Gasteiger charge is 2.37. The quantitative estimate of drug-likeness (QED) is 0.821. The van der Waals surface area contributed by atoms with Crippen LogP contribution in [0.15, 0.2) is 22.7 Å². The van der Waals surface area contributed by atoms with E-state index in [-0.39, 0.29) is 10.8 Å². The number of phenols is 1. The molecule has 0 fully saturated rings. The lowest BCUT2D eigenvalue weighted by molar-refractivity contribution is 0.275. The monoisotopic (exact) mass is 316 g/mol. The molecule has 2 nitrogen and oxygen atoms in total. The molecule has 96 valence electrons. The van der Waals surface area contributed by atoms with Crippen LogP contribution in [0.2, 0.25) is 18.1 Å². The first-order valence-electron chi connectivity index (χ1n) is 5.75. The highest BCUT2D eigenvalue weighted by Crippen LogP contribution is 2.38. The van der Waals surface area contributed by atoms with Gasteiger partial charge in [-0.2, -0.15) is 0 Å². The molecule has 1 aromatic carbocycles. The third kappa shape index (κ3) is 3.57. The average molecular weight is 317 g/mol. The Kier molecular flexibility index (Phi) is 4.44. The van der Waals surface area contributed by atoms with Crippen molar-refractivity contribution in [2.75, 3.05) is 0 Å². The van der Waals surface area contributed by atoms with Crippen LogP contribution in [0.25, 0.3) is 0 Å². The van der Waals surface area contributed by atoms with Crippen molar-refractivity contribution >= 4 is 24.2 Å². The topological polar surface area (TPSA) is 29.5 Å². The average Bonchev–Trinajstić information content (AvgIpc) is 2.18. The van der Waals surface area contributed by atoms with E-state index < -0.39 is 8.32 Å². The number of aromatic hydroxyl groups is 1. The Morgan fingerprint density at radius 1 is 1.29 bits per heavy atom. The van der Waals surface area contributed by atoms with Crippen LogP contribution >= 0.6 is 15.9 Å². The van der Waals surface area contributed by atoms with Crippen molar-refractivity contribution in [2.45, 2.75) is 45.5 Å². The summed E-state index contributed by atoms with van der Waals surface area (Å²) >= 11 is 3.38. The van der Waals surface area contributed by atoms with Crippen LogP contribution in [0, 0.1) is 0 Å². The van der Waals surface area contributed by atoms with Gasteiger partial charge in [-0.05, 0) is 45.7 Å². The first-order chi connectivity index (χ1) is 7.65. The van der Waals surface area contributed by atoms with E-state index in [4.69, 9.17) is 4.43 Å². The van der Waals surface area contributed by atoms with E-state index in [1.165, 1.54) is 0 Å².